The van der Waals surface area contributed by atoms with E-state index in [4.69, 9.17) is 9.47 Å². The highest BCUT2D eigenvalue weighted by Gasteiger charge is 2.32. The van der Waals surface area contributed by atoms with Gasteiger partial charge in [-0.1, -0.05) is 48.0 Å². The van der Waals surface area contributed by atoms with Crippen LogP contribution in [0.25, 0.3) is 0 Å². The summed E-state index contributed by atoms with van der Waals surface area (Å²) in [5.41, 5.74) is 2.36. The summed E-state index contributed by atoms with van der Waals surface area (Å²) < 4.78 is 39.8. The Labute approximate surface area is 187 Å². The third-order valence-corrected chi connectivity index (χ3v) is 6.22. The zero-order valence-electron chi connectivity index (χ0n) is 17.5. The van der Waals surface area contributed by atoms with E-state index in [2.05, 4.69) is 4.40 Å². The molecular weight excluding hydrogens is 428 g/mol. The zero-order valence-corrected chi connectivity index (χ0v) is 18.3. The van der Waals surface area contributed by atoms with E-state index in [0.717, 1.165) is 11.3 Å². The van der Waals surface area contributed by atoms with E-state index in [-0.39, 0.29) is 24.7 Å². The molecule has 0 unspecified atom stereocenters. The summed E-state index contributed by atoms with van der Waals surface area (Å²) in [5.74, 6) is 0.374. The molecule has 1 heterocycles. The van der Waals surface area contributed by atoms with Gasteiger partial charge in [0.15, 0.2) is 12.4 Å². The number of carbonyl (C=O) groups is 1. The number of para-hydroxylation sites is 1. The lowest BCUT2D eigenvalue weighted by molar-refractivity contribution is -0.145. The van der Waals surface area contributed by atoms with Crippen molar-refractivity contribution < 1.29 is 22.7 Å². The van der Waals surface area contributed by atoms with Crippen LogP contribution in [-0.2, 0) is 19.6 Å². The van der Waals surface area contributed by atoms with Gasteiger partial charge in [0.25, 0.3) is 10.0 Å². The first-order valence-electron chi connectivity index (χ1n) is 10.1. The van der Waals surface area contributed by atoms with Gasteiger partial charge in [-0.2, -0.15) is 8.42 Å². The first-order valence-corrected chi connectivity index (χ1v) is 11.5. The van der Waals surface area contributed by atoms with Crippen LogP contribution in [-0.4, -0.2) is 40.0 Å². The third-order valence-electron chi connectivity index (χ3n) is 4.89. The summed E-state index contributed by atoms with van der Waals surface area (Å²) in [4.78, 5) is 14.0. The van der Waals surface area contributed by atoms with Crippen LogP contribution in [0.15, 0.2) is 88.2 Å². The molecule has 3 aromatic rings. The van der Waals surface area contributed by atoms with Crippen molar-refractivity contribution in [1.82, 2.24) is 0 Å². The largest absolute Gasteiger partial charge is 0.482 e. The van der Waals surface area contributed by atoms with Crippen LogP contribution >= 0.6 is 0 Å². The van der Waals surface area contributed by atoms with Gasteiger partial charge in [-0.15, -0.1) is 4.40 Å². The Morgan fingerprint density at radius 2 is 1.62 bits per heavy atom. The van der Waals surface area contributed by atoms with Crippen molar-refractivity contribution in [2.24, 2.45) is 4.40 Å². The van der Waals surface area contributed by atoms with Crippen molar-refractivity contribution in [3.05, 3.63) is 90.0 Å². The van der Waals surface area contributed by atoms with Crippen LogP contribution in [0.2, 0.25) is 0 Å². The highest BCUT2D eigenvalue weighted by molar-refractivity contribution is 7.90. The minimum absolute atomic E-state index is 0.0339. The number of fused-ring (bicyclic) bond motifs is 1. The van der Waals surface area contributed by atoms with Crippen LogP contribution < -0.4 is 9.64 Å². The molecule has 1 aliphatic rings. The second-order valence-electron chi connectivity index (χ2n) is 7.20. The summed E-state index contributed by atoms with van der Waals surface area (Å²) in [6.45, 7) is 2.01. The first kappa shape index (κ1) is 21.6. The molecule has 0 spiro atoms. The van der Waals surface area contributed by atoms with Crippen molar-refractivity contribution in [3.63, 3.8) is 0 Å². The van der Waals surface area contributed by atoms with Crippen molar-refractivity contribution >= 4 is 27.5 Å². The van der Waals surface area contributed by atoms with Gasteiger partial charge in [-0.05, 0) is 43.3 Å². The zero-order chi connectivity index (χ0) is 22.6. The summed E-state index contributed by atoms with van der Waals surface area (Å²) in [6, 6.07) is 23.3. The molecule has 0 fully saturated rings. The average molecular weight is 451 g/mol. The Morgan fingerprint density at radius 1 is 0.938 bits per heavy atom. The van der Waals surface area contributed by atoms with Gasteiger partial charge in [-0.3, -0.25) is 0 Å². The van der Waals surface area contributed by atoms with Crippen molar-refractivity contribution in [2.45, 2.75) is 11.8 Å². The minimum Gasteiger partial charge on any atom is -0.482 e. The molecule has 4 rings (SSSR count). The molecule has 0 atom stereocenters. The van der Waals surface area contributed by atoms with Gasteiger partial charge < -0.3 is 14.4 Å². The normalized spacial score (nSPS) is 13.7. The molecule has 0 bridgehead atoms. The number of ether oxygens (including phenoxy) is 2. The van der Waals surface area contributed by atoms with Crippen LogP contribution in [0.4, 0.5) is 5.69 Å². The number of nitrogens with zero attached hydrogens (tertiary/aromatic N) is 2. The highest BCUT2D eigenvalue weighted by atomic mass is 32.2. The first-order chi connectivity index (χ1) is 15.4. The fourth-order valence-corrected chi connectivity index (χ4v) is 4.53. The van der Waals surface area contributed by atoms with Gasteiger partial charge >= 0.3 is 5.97 Å². The number of hydrogen-bond donors (Lipinski definition) is 0. The third kappa shape index (κ3) is 4.81. The van der Waals surface area contributed by atoms with Gasteiger partial charge in [0.05, 0.1) is 6.54 Å². The van der Waals surface area contributed by atoms with Gasteiger partial charge in [0.1, 0.15) is 17.3 Å². The molecule has 0 amide bonds. The number of amidine groups is 1. The lowest BCUT2D eigenvalue weighted by atomic mass is 10.1. The molecular formula is C24H22N2O5S. The fourth-order valence-electron chi connectivity index (χ4n) is 3.32. The Kier molecular flexibility index (Phi) is 6.23. The Morgan fingerprint density at radius 3 is 2.38 bits per heavy atom. The van der Waals surface area contributed by atoms with Crippen LogP contribution in [0.5, 0.6) is 5.75 Å². The molecule has 0 saturated carbocycles. The number of anilines is 1. The average Bonchev–Trinajstić information content (AvgIpc) is 3.08. The molecule has 8 heteroatoms. The van der Waals surface area contributed by atoms with E-state index in [9.17, 15) is 13.2 Å². The molecule has 0 aromatic heterocycles. The highest BCUT2D eigenvalue weighted by Crippen LogP contribution is 2.29. The molecule has 3 aromatic carbocycles. The van der Waals surface area contributed by atoms with Gasteiger partial charge in [-0.25, -0.2) is 4.79 Å². The summed E-state index contributed by atoms with van der Waals surface area (Å²) in [5, 5.41) is 0. The SMILES string of the molecule is Cc1ccc(OCC(=O)OCCN(C2=NS(=O)(=O)c3ccccc32)c2ccccc2)cc1. The Hall–Kier alpha value is -3.65. The maximum atomic E-state index is 12.5. The molecule has 0 radical (unpaired) electrons. The molecule has 164 valence electrons. The summed E-state index contributed by atoms with van der Waals surface area (Å²) in [7, 11) is -3.77. The number of rotatable bonds is 7. The Balaban J connectivity index is 1.45. The molecule has 7 nitrogen and oxygen atoms in total. The number of benzene rings is 3. The quantitative estimate of drug-likeness (QED) is 0.512. The smallest absolute Gasteiger partial charge is 0.344 e. The van der Waals surface area contributed by atoms with E-state index in [1.165, 1.54) is 6.07 Å². The fraction of sp³-hybridized carbons (Fsp3) is 0.167. The van der Waals surface area contributed by atoms with Crippen LogP contribution in [0.1, 0.15) is 11.1 Å². The standard InChI is InChI=1S/C24H22N2O5S/c1-18-11-13-20(14-12-18)31-17-23(27)30-16-15-26(19-7-3-2-4-8-19)24-21-9-5-6-10-22(21)32(28,29)25-24/h2-14H,15-17H2,1H3. The Bertz CT molecular complexity index is 1240. The maximum Gasteiger partial charge on any atom is 0.344 e. The molecule has 1 aliphatic heterocycles. The lowest BCUT2D eigenvalue weighted by Gasteiger charge is -2.24. The van der Waals surface area contributed by atoms with Crippen molar-refractivity contribution in [2.75, 3.05) is 24.7 Å². The van der Waals surface area contributed by atoms with Crippen molar-refractivity contribution in [1.29, 1.82) is 0 Å². The minimum atomic E-state index is -3.77. The number of aryl methyl sites for hydroxylation is 1. The van der Waals surface area contributed by atoms with Gasteiger partial charge in [0, 0.05) is 11.3 Å². The number of hydrogen-bond acceptors (Lipinski definition) is 6. The second-order valence-corrected chi connectivity index (χ2v) is 8.77. The predicted molar refractivity (Wildman–Crippen MR) is 122 cm³/mol. The summed E-state index contributed by atoms with van der Waals surface area (Å²) >= 11 is 0. The van der Waals surface area contributed by atoms with Crippen LogP contribution in [0.3, 0.4) is 0 Å². The second kappa shape index (κ2) is 9.23. The predicted octanol–water partition coefficient (Wildman–Crippen LogP) is 3.57. The van der Waals surface area contributed by atoms with Crippen molar-refractivity contribution in [3.8, 4) is 5.75 Å². The molecule has 0 aliphatic carbocycles. The number of carbonyl (C=O) groups excluding carboxylic acids is 1. The number of sulfonamides is 1. The van der Waals surface area contributed by atoms with E-state index in [1.807, 2.05) is 49.4 Å². The topological polar surface area (TPSA) is 85.3 Å². The lowest BCUT2D eigenvalue weighted by Crippen LogP contribution is -2.34. The van der Waals surface area contributed by atoms with E-state index >= 15 is 0 Å². The number of esters is 1. The van der Waals surface area contributed by atoms with E-state index in [1.54, 1.807) is 35.2 Å². The molecule has 0 saturated heterocycles. The monoisotopic (exact) mass is 450 g/mol. The maximum absolute atomic E-state index is 12.5. The molecule has 0 N–H and O–H groups in total. The van der Waals surface area contributed by atoms with E-state index in [0.29, 0.717) is 17.1 Å². The molecule has 32 heavy (non-hydrogen) atoms. The van der Waals surface area contributed by atoms with Crippen LogP contribution in [0, 0.1) is 6.92 Å². The summed E-state index contributed by atoms with van der Waals surface area (Å²) in [6.07, 6.45) is 0. The van der Waals surface area contributed by atoms with Gasteiger partial charge in [0.2, 0.25) is 0 Å². The van der Waals surface area contributed by atoms with E-state index < -0.39 is 16.0 Å².